The second-order valence-corrected chi connectivity index (χ2v) is 9.47. The summed E-state index contributed by atoms with van der Waals surface area (Å²) in [7, 11) is 0. The molecule has 0 fully saturated rings. The van der Waals surface area contributed by atoms with Gasteiger partial charge in [0.2, 0.25) is 5.91 Å². The van der Waals surface area contributed by atoms with E-state index in [0.29, 0.717) is 5.02 Å². The lowest BCUT2D eigenvalue weighted by Gasteiger charge is -2.08. The molecule has 3 aromatic carbocycles. The molecule has 35 heavy (non-hydrogen) atoms. The Morgan fingerprint density at radius 3 is 2.69 bits per heavy atom. The normalized spacial score (nSPS) is 11.2. The second kappa shape index (κ2) is 10.6. The van der Waals surface area contributed by atoms with Gasteiger partial charge in [-0.25, -0.2) is 0 Å². The Morgan fingerprint density at radius 1 is 0.943 bits per heavy atom. The molecule has 0 saturated carbocycles. The molecule has 2 aromatic heterocycles. The molecule has 0 radical (unpaired) electrons. The number of H-pyrrole nitrogens is 1. The Hall–Kier alpha value is -3.87. The predicted molar refractivity (Wildman–Crippen MR) is 144 cm³/mol. The number of hydrogen-bond donors (Lipinski definition) is 2. The molecule has 1 amide bonds. The number of nitrogens with one attached hydrogen (secondary N) is 2. The van der Waals surface area contributed by atoms with Gasteiger partial charge in [-0.3, -0.25) is 14.9 Å². The van der Waals surface area contributed by atoms with Gasteiger partial charge in [-0.2, -0.15) is 5.10 Å². The molecule has 5 nitrogen and oxygen atoms in total. The Kier molecular flexibility index (Phi) is 6.93. The van der Waals surface area contributed by atoms with E-state index in [-0.39, 0.29) is 12.3 Å². The van der Waals surface area contributed by atoms with Crippen molar-refractivity contribution in [3.8, 4) is 0 Å². The number of halogens is 1. The van der Waals surface area contributed by atoms with E-state index in [1.165, 1.54) is 0 Å². The van der Waals surface area contributed by atoms with Crippen molar-refractivity contribution >= 4 is 58.0 Å². The van der Waals surface area contributed by atoms with Gasteiger partial charge in [0.15, 0.2) is 0 Å². The monoisotopic (exact) mass is 496 g/mol. The van der Waals surface area contributed by atoms with E-state index in [1.54, 1.807) is 30.1 Å². The summed E-state index contributed by atoms with van der Waals surface area (Å²) in [5.74, 6) is -0.0837. The van der Waals surface area contributed by atoms with E-state index in [1.807, 2.05) is 66.7 Å². The molecule has 7 heteroatoms. The van der Waals surface area contributed by atoms with Gasteiger partial charge < -0.3 is 5.32 Å². The van der Waals surface area contributed by atoms with Gasteiger partial charge >= 0.3 is 0 Å². The maximum Gasteiger partial charge on any atom is 0.228 e. The highest BCUT2D eigenvalue weighted by Crippen LogP contribution is 2.32. The number of benzene rings is 3. The van der Waals surface area contributed by atoms with Gasteiger partial charge in [-0.1, -0.05) is 47.6 Å². The lowest BCUT2D eigenvalue weighted by molar-refractivity contribution is -0.115. The summed E-state index contributed by atoms with van der Waals surface area (Å²) in [5.41, 5.74) is 4.35. The van der Waals surface area contributed by atoms with Crippen LogP contribution in [0, 0.1) is 0 Å². The molecule has 0 spiro atoms. The van der Waals surface area contributed by atoms with Crippen molar-refractivity contribution in [2.45, 2.75) is 16.2 Å². The van der Waals surface area contributed by atoms with Crippen molar-refractivity contribution in [2.24, 2.45) is 0 Å². The van der Waals surface area contributed by atoms with Gasteiger partial charge in [-0.15, -0.1) is 0 Å². The molecule has 5 rings (SSSR count). The fourth-order valence-electron chi connectivity index (χ4n) is 3.66. The summed E-state index contributed by atoms with van der Waals surface area (Å²) in [5, 5.41) is 12.2. The number of fused-ring (bicyclic) bond motifs is 1. The molecule has 2 heterocycles. The number of pyridine rings is 1. The average Bonchev–Trinajstić information content (AvgIpc) is 3.26. The van der Waals surface area contributed by atoms with Crippen molar-refractivity contribution in [3.05, 3.63) is 113 Å². The van der Waals surface area contributed by atoms with E-state index in [0.717, 1.165) is 43.3 Å². The lowest BCUT2D eigenvalue weighted by atomic mass is 10.1. The molecular weight excluding hydrogens is 476 g/mol. The van der Waals surface area contributed by atoms with Crippen LogP contribution < -0.4 is 5.32 Å². The van der Waals surface area contributed by atoms with Crippen molar-refractivity contribution in [3.63, 3.8) is 0 Å². The molecule has 0 atom stereocenters. The van der Waals surface area contributed by atoms with E-state index < -0.39 is 0 Å². The summed E-state index contributed by atoms with van der Waals surface area (Å²) in [6.45, 7) is 0. The molecular formula is C28H21ClN4OS. The van der Waals surface area contributed by atoms with Crippen LogP contribution in [0.25, 0.3) is 23.1 Å². The smallest absolute Gasteiger partial charge is 0.228 e. The molecule has 0 aliphatic rings. The van der Waals surface area contributed by atoms with Gasteiger partial charge in [0.05, 0.1) is 23.3 Å². The van der Waals surface area contributed by atoms with Crippen molar-refractivity contribution in [1.29, 1.82) is 0 Å². The van der Waals surface area contributed by atoms with Crippen LogP contribution in [-0.4, -0.2) is 21.1 Å². The van der Waals surface area contributed by atoms with Crippen molar-refractivity contribution in [2.75, 3.05) is 5.32 Å². The summed E-state index contributed by atoms with van der Waals surface area (Å²) in [4.78, 5) is 18.9. The van der Waals surface area contributed by atoms with Crippen LogP contribution >= 0.6 is 23.4 Å². The fourth-order valence-corrected chi connectivity index (χ4v) is 4.79. The van der Waals surface area contributed by atoms with Crippen LogP contribution in [0.3, 0.4) is 0 Å². The summed E-state index contributed by atoms with van der Waals surface area (Å²) >= 11 is 7.64. The fraction of sp³-hybridized carbons (Fsp3) is 0.0357. The number of nitrogens with zero attached hydrogens (tertiary/aromatic N) is 2. The third-order valence-electron chi connectivity index (χ3n) is 5.27. The van der Waals surface area contributed by atoms with Crippen molar-refractivity contribution in [1.82, 2.24) is 15.2 Å². The highest BCUT2D eigenvalue weighted by atomic mass is 35.5. The molecule has 5 aromatic rings. The maximum absolute atomic E-state index is 12.5. The predicted octanol–water partition coefficient (Wildman–Crippen LogP) is 7.11. The van der Waals surface area contributed by atoms with Crippen LogP contribution in [-0.2, 0) is 11.2 Å². The first kappa shape index (κ1) is 22.9. The third-order valence-corrected chi connectivity index (χ3v) is 6.49. The number of hydrogen-bond acceptors (Lipinski definition) is 4. The first-order chi connectivity index (χ1) is 17.1. The largest absolute Gasteiger partial charge is 0.326 e. The number of aromatic amines is 1. The molecule has 0 bridgehead atoms. The summed E-state index contributed by atoms with van der Waals surface area (Å²) < 4.78 is 0. The minimum absolute atomic E-state index is 0.0837. The first-order valence-electron chi connectivity index (χ1n) is 11.0. The molecule has 0 unspecified atom stereocenters. The number of aromatic nitrogens is 3. The molecule has 0 aliphatic carbocycles. The number of carbonyl (C=O) groups is 1. The van der Waals surface area contributed by atoms with Crippen LogP contribution in [0.2, 0.25) is 5.02 Å². The van der Waals surface area contributed by atoms with Crippen LogP contribution in [0.1, 0.15) is 17.0 Å². The van der Waals surface area contributed by atoms with E-state index >= 15 is 0 Å². The quantitative estimate of drug-likeness (QED) is 0.252. The Labute approximate surface area is 212 Å². The molecule has 172 valence electrons. The molecule has 0 aliphatic heterocycles. The molecule has 2 N–H and O–H groups in total. The topological polar surface area (TPSA) is 70.7 Å². The van der Waals surface area contributed by atoms with E-state index in [2.05, 4.69) is 38.7 Å². The zero-order valence-corrected chi connectivity index (χ0v) is 20.2. The second-order valence-electron chi connectivity index (χ2n) is 7.89. The standard InChI is InChI=1S/C28H21ClN4OS/c29-20-6-3-5-19(15-20)16-28(34)31-22-8-4-9-23(17-22)35-24-11-12-25-26(32-33-27(25)18-24)13-10-21-7-1-2-14-30-21/h1-15,17-18H,16H2,(H,31,34)(H,32,33)/b13-10+. The maximum atomic E-state index is 12.5. The first-order valence-corrected chi connectivity index (χ1v) is 12.2. The zero-order chi connectivity index (χ0) is 24.0. The minimum Gasteiger partial charge on any atom is -0.326 e. The van der Waals surface area contributed by atoms with Crippen molar-refractivity contribution < 1.29 is 4.79 Å². The lowest BCUT2D eigenvalue weighted by Crippen LogP contribution is -2.14. The Morgan fingerprint density at radius 2 is 1.83 bits per heavy atom. The van der Waals surface area contributed by atoms with Gasteiger partial charge in [0.1, 0.15) is 0 Å². The number of anilines is 1. The van der Waals surface area contributed by atoms with Gasteiger partial charge in [0, 0.05) is 32.1 Å². The van der Waals surface area contributed by atoms with Gasteiger partial charge in [-0.05, 0) is 78.4 Å². The summed E-state index contributed by atoms with van der Waals surface area (Å²) in [6, 6.07) is 27.2. The highest BCUT2D eigenvalue weighted by molar-refractivity contribution is 7.99. The number of rotatable bonds is 7. The van der Waals surface area contributed by atoms with Crippen LogP contribution in [0.4, 0.5) is 5.69 Å². The molecule has 0 saturated heterocycles. The zero-order valence-electron chi connectivity index (χ0n) is 18.6. The Bertz CT molecular complexity index is 1510. The minimum atomic E-state index is -0.0837. The number of carbonyl (C=O) groups excluding carboxylic acids is 1. The van der Waals surface area contributed by atoms with E-state index in [4.69, 9.17) is 11.6 Å². The number of amides is 1. The average molecular weight is 497 g/mol. The van der Waals surface area contributed by atoms with Crippen LogP contribution in [0.5, 0.6) is 0 Å². The Balaban J connectivity index is 1.26. The van der Waals surface area contributed by atoms with Gasteiger partial charge in [0.25, 0.3) is 0 Å². The third kappa shape index (κ3) is 5.98. The van der Waals surface area contributed by atoms with Crippen LogP contribution in [0.15, 0.2) is 101 Å². The SMILES string of the molecule is O=C(Cc1cccc(Cl)c1)Nc1cccc(Sc2ccc3c(/C=C/c4ccccn4)n[nH]c3c2)c1. The highest BCUT2D eigenvalue weighted by Gasteiger charge is 2.08. The van der Waals surface area contributed by atoms with E-state index in [9.17, 15) is 4.79 Å². The summed E-state index contributed by atoms with van der Waals surface area (Å²) in [6.07, 6.45) is 5.95.